The number of fused-ring (bicyclic) bond motifs is 3. The molecule has 0 bridgehead atoms. The molecule has 3 heterocycles. The highest BCUT2D eigenvalue weighted by atomic mass is 32.1. The normalized spacial score (nSPS) is 18.4. The molecule has 0 spiro atoms. The van der Waals surface area contributed by atoms with Crippen LogP contribution in [-0.2, 0) is 9.53 Å². The molecule has 0 fully saturated rings. The third-order valence-corrected chi connectivity index (χ3v) is 4.15. The summed E-state index contributed by atoms with van der Waals surface area (Å²) in [4.78, 5) is 29.9. The number of ether oxygens (including phenoxy) is 1. The van der Waals surface area contributed by atoms with Crippen LogP contribution in [0.5, 0.6) is 0 Å². The van der Waals surface area contributed by atoms with Gasteiger partial charge in [-0.15, -0.1) is 11.3 Å². The number of nitrogens with zero attached hydrogens (tertiary/aromatic N) is 3. The van der Waals surface area contributed by atoms with E-state index in [2.05, 4.69) is 4.98 Å². The Hall–Kier alpha value is -1.89. The Bertz CT molecular complexity index is 676. The quantitative estimate of drug-likeness (QED) is 0.808. The highest BCUT2D eigenvalue weighted by Crippen LogP contribution is 2.30. The van der Waals surface area contributed by atoms with Crippen molar-refractivity contribution in [3.8, 4) is 0 Å². The first-order valence-electron chi connectivity index (χ1n) is 6.51. The minimum atomic E-state index is -0.368. The lowest BCUT2D eigenvalue weighted by atomic mass is 10.2. The van der Waals surface area contributed by atoms with Gasteiger partial charge in [-0.1, -0.05) is 0 Å². The highest BCUT2D eigenvalue weighted by Gasteiger charge is 2.32. The maximum Gasteiger partial charge on any atom is 0.325 e. The van der Waals surface area contributed by atoms with Gasteiger partial charge in [0.05, 0.1) is 22.9 Å². The van der Waals surface area contributed by atoms with Crippen molar-refractivity contribution < 1.29 is 14.3 Å². The van der Waals surface area contributed by atoms with Crippen LogP contribution in [0.15, 0.2) is 11.6 Å². The van der Waals surface area contributed by atoms with Crippen LogP contribution in [0.3, 0.4) is 0 Å². The van der Waals surface area contributed by atoms with Gasteiger partial charge in [0.2, 0.25) is 0 Å². The summed E-state index contributed by atoms with van der Waals surface area (Å²) in [6.45, 7) is 4.60. The number of carbonyl (C=O) groups excluding carboxylic acids is 2. The van der Waals surface area contributed by atoms with Crippen molar-refractivity contribution in [2.75, 3.05) is 19.7 Å². The minimum absolute atomic E-state index is 0.00324. The smallest absolute Gasteiger partial charge is 0.325 e. The van der Waals surface area contributed by atoms with Crippen molar-refractivity contribution in [2.24, 2.45) is 0 Å². The first-order chi connectivity index (χ1) is 9.61. The summed E-state index contributed by atoms with van der Waals surface area (Å²) < 4.78 is 7.86. The number of rotatable bonds is 3. The summed E-state index contributed by atoms with van der Waals surface area (Å²) in [6, 6.07) is 1.94. The second-order valence-corrected chi connectivity index (χ2v) is 5.67. The molecule has 1 amide bonds. The molecular weight excluding hydrogens is 278 g/mol. The minimum Gasteiger partial charge on any atom is -0.465 e. The molecule has 20 heavy (non-hydrogen) atoms. The molecule has 2 aromatic heterocycles. The van der Waals surface area contributed by atoms with Crippen LogP contribution in [0.4, 0.5) is 0 Å². The van der Waals surface area contributed by atoms with Crippen molar-refractivity contribution in [1.82, 2.24) is 14.5 Å². The molecule has 0 saturated heterocycles. The van der Waals surface area contributed by atoms with Crippen LogP contribution in [0.2, 0.25) is 0 Å². The van der Waals surface area contributed by atoms with Gasteiger partial charge >= 0.3 is 5.97 Å². The van der Waals surface area contributed by atoms with Gasteiger partial charge in [-0.3, -0.25) is 9.59 Å². The number of esters is 1. The van der Waals surface area contributed by atoms with E-state index in [1.807, 2.05) is 17.6 Å². The Morgan fingerprint density at radius 3 is 3.15 bits per heavy atom. The molecule has 3 rings (SSSR count). The average Bonchev–Trinajstić information content (AvgIpc) is 2.95. The van der Waals surface area contributed by atoms with Gasteiger partial charge in [-0.05, 0) is 19.9 Å². The van der Waals surface area contributed by atoms with Gasteiger partial charge < -0.3 is 14.2 Å². The fraction of sp³-hybridized carbons (Fsp3) is 0.462. The molecule has 1 aliphatic rings. The SMILES string of the molecule is CCOC(=O)CN1CC(C)n2c(cc3scnc32)C1=O. The summed E-state index contributed by atoms with van der Waals surface area (Å²) in [6.07, 6.45) is 0. The Balaban J connectivity index is 1.92. The predicted molar refractivity (Wildman–Crippen MR) is 74.9 cm³/mol. The summed E-state index contributed by atoms with van der Waals surface area (Å²) in [7, 11) is 0. The van der Waals surface area contributed by atoms with E-state index >= 15 is 0 Å². The Morgan fingerprint density at radius 1 is 1.60 bits per heavy atom. The van der Waals surface area contributed by atoms with Gasteiger partial charge in [0, 0.05) is 6.54 Å². The van der Waals surface area contributed by atoms with E-state index in [0.717, 1.165) is 10.3 Å². The molecule has 0 N–H and O–H groups in total. The second-order valence-electron chi connectivity index (χ2n) is 4.78. The van der Waals surface area contributed by atoms with Crippen molar-refractivity contribution in [3.05, 3.63) is 17.3 Å². The zero-order chi connectivity index (χ0) is 14.3. The number of carbonyl (C=O) groups is 2. The number of hydrogen-bond donors (Lipinski definition) is 0. The summed E-state index contributed by atoms with van der Waals surface area (Å²) in [5.74, 6) is -0.505. The van der Waals surface area contributed by atoms with Gasteiger partial charge in [-0.2, -0.15) is 0 Å². The maximum atomic E-state index is 12.4. The second kappa shape index (κ2) is 4.90. The maximum absolute atomic E-state index is 12.4. The largest absolute Gasteiger partial charge is 0.465 e. The van der Waals surface area contributed by atoms with Crippen molar-refractivity contribution >= 4 is 33.6 Å². The van der Waals surface area contributed by atoms with E-state index in [0.29, 0.717) is 18.8 Å². The Morgan fingerprint density at radius 2 is 2.40 bits per heavy atom. The van der Waals surface area contributed by atoms with Crippen molar-refractivity contribution in [3.63, 3.8) is 0 Å². The van der Waals surface area contributed by atoms with E-state index < -0.39 is 0 Å². The molecule has 0 aromatic carbocycles. The van der Waals surface area contributed by atoms with Gasteiger partial charge in [-0.25, -0.2) is 4.98 Å². The zero-order valence-electron chi connectivity index (χ0n) is 11.3. The number of aromatic nitrogens is 2. The van der Waals surface area contributed by atoms with Crippen LogP contribution >= 0.6 is 11.3 Å². The van der Waals surface area contributed by atoms with Gasteiger partial charge in [0.15, 0.2) is 5.65 Å². The van der Waals surface area contributed by atoms with Crippen molar-refractivity contribution in [1.29, 1.82) is 0 Å². The third-order valence-electron chi connectivity index (χ3n) is 3.39. The lowest BCUT2D eigenvalue weighted by molar-refractivity contribution is -0.144. The van der Waals surface area contributed by atoms with E-state index in [9.17, 15) is 9.59 Å². The van der Waals surface area contributed by atoms with Crippen LogP contribution in [-0.4, -0.2) is 46.0 Å². The summed E-state index contributed by atoms with van der Waals surface area (Å²) >= 11 is 1.51. The van der Waals surface area contributed by atoms with Gasteiger partial charge in [0.25, 0.3) is 5.91 Å². The monoisotopic (exact) mass is 293 g/mol. The summed E-state index contributed by atoms with van der Waals surface area (Å²) in [5.41, 5.74) is 3.23. The van der Waals surface area contributed by atoms with Gasteiger partial charge in [0.1, 0.15) is 12.2 Å². The molecule has 1 aliphatic heterocycles. The lowest BCUT2D eigenvalue weighted by Gasteiger charge is -2.32. The first-order valence-corrected chi connectivity index (χ1v) is 7.39. The van der Waals surface area contributed by atoms with E-state index in [-0.39, 0.29) is 24.5 Å². The topological polar surface area (TPSA) is 64.4 Å². The zero-order valence-corrected chi connectivity index (χ0v) is 12.1. The average molecular weight is 293 g/mol. The predicted octanol–water partition coefficient (Wildman–Crippen LogP) is 1.68. The lowest BCUT2D eigenvalue weighted by Crippen LogP contribution is -2.44. The highest BCUT2D eigenvalue weighted by molar-refractivity contribution is 7.16. The molecule has 1 unspecified atom stereocenters. The summed E-state index contributed by atoms with van der Waals surface area (Å²) in [5, 5.41) is 0. The molecule has 106 valence electrons. The van der Waals surface area contributed by atoms with Crippen LogP contribution < -0.4 is 0 Å². The fourth-order valence-corrected chi connectivity index (χ4v) is 3.29. The molecule has 7 heteroatoms. The number of amides is 1. The number of thiazole rings is 1. The molecule has 1 atom stereocenters. The van der Waals surface area contributed by atoms with Crippen molar-refractivity contribution in [2.45, 2.75) is 19.9 Å². The molecule has 0 radical (unpaired) electrons. The standard InChI is InChI=1S/C13H15N3O3S/c1-3-19-11(17)6-15-5-8(2)16-9(13(15)18)4-10-12(16)14-7-20-10/h4,7-8H,3,5-6H2,1-2H3. The Kier molecular flexibility index (Phi) is 3.21. The van der Waals surface area contributed by atoms with E-state index in [1.165, 1.54) is 11.3 Å². The van der Waals surface area contributed by atoms with Crippen LogP contribution in [0, 0.1) is 0 Å². The van der Waals surface area contributed by atoms with E-state index in [1.54, 1.807) is 17.3 Å². The molecular formula is C13H15N3O3S. The molecule has 6 nitrogen and oxygen atoms in total. The fourth-order valence-electron chi connectivity index (χ4n) is 2.59. The number of hydrogen-bond acceptors (Lipinski definition) is 5. The molecule has 0 saturated carbocycles. The van der Waals surface area contributed by atoms with Crippen LogP contribution in [0.1, 0.15) is 30.4 Å². The molecule has 2 aromatic rings. The van der Waals surface area contributed by atoms with Crippen LogP contribution in [0.25, 0.3) is 10.3 Å². The molecule has 0 aliphatic carbocycles. The van der Waals surface area contributed by atoms with E-state index in [4.69, 9.17) is 4.74 Å². The Labute approximate surface area is 120 Å². The third kappa shape index (κ3) is 1.98. The first kappa shape index (κ1) is 13.1.